The lowest BCUT2D eigenvalue weighted by atomic mass is 9.99. The normalized spacial score (nSPS) is 16.7. The van der Waals surface area contributed by atoms with E-state index in [4.69, 9.17) is 9.47 Å². The molecule has 1 aliphatic heterocycles. The van der Waals surface area contributed by atoms with Crippen LogP contribution in [0.15, 0.2) is 64.4 Å². The molecular formula is C22H29NO4S2. The first kappa shape index (κ1) is 22.2. The number of ether oxygens (including phenoxy) is 2. The topological polar surface area (TPSA) is 64.6 Å². The summed E-state index contributed by atoms with van der Waals surface area (Å²) in [5.74, 6) is 1.09. The van der Waals surface area contributed by atoms with Crippen LogP contribution in [0, 0.1) is 5.92 Å². The van der Waals surface area contributed by atoms with Gasteiger partial charge in [0.25, 0.3) is 0 Å². The van der Waals surface area contributed by atoms with E-state index in [1.807, 2.05) is 18.2 Å². The van der Waals surface area contributed by atoms with Crippen molar-refractivity contribution in [3.8, 4) is 5.75 Å². The van der Waals surface area contributed by atoms with Gasteiger partial charge in [-0.15, -0.1) is 11.8 Å². The number of benzene rings is 2. The second-order valence-electron chi connectivity index (χ2n) is 7.71. The van der Waals surface area contributed by atoms with Crippen LogP contribution in [0.4, 0.5) is 0 Å². The molecule has 0 bridgehead atoms. The Bertz CT molecular complexity index is 861. The van der Waals surface area contributed by atoms with Crippen LogP contribution in [-0.4, -0.2) is 39.5 Å². The van der Waals surface area contributed by atoms with Crippen LogP contribution in [-0.2, 0) is 14.8 Å². The highest BCUT2D eigenvalue weighted by Crippen LogP contribution is 2.40. The Labute approximate surface area is 178 Å². The van der Waals surface area contributed by atoms with Crippen LogP contribution in [0.2, 0.25) is 0 Å². The van der Waals surface area contributed by atoms with Crippen molar-refractivity contribution in [3.63, 3.8) is 0 Å². The van der Waals surface area contributed by atoms with Gasteiger partial charge in [0.1, 0.15) is 5.75 Å². The molecule has 0 radical (unpaired) electrons. The summed E-state index contributed by atoms with van der Waals surface area (Å²) in [6.45, 7) is 6.40. The molecule has 2 aromatic rings. The molecule has 0 atom stereocenters. The predicted molar refractivity (Wildman–Crippen MR) is 117 cm³/mol. The molecule has 29 heavy (non-hydrogen) atoms. The quantitative estimate of drug-likeness (QED) is 0.635. The molecule has 2 aromatic carbocycles. The fourth-order valence-electron chi connectivity index (χ4n) is 3.08. The largest absolute Gasteiger partial charge is 0.493 e. The molecule has 1 heterocycles. The molecule has 158 valence electrons. The number of rotatable bonds is 9. The molecular weight excluding hydrogens is 406 g/mol. The zero-order valence-electron chi connectivity index (χ0n) is 17.0. The number of hydrogen-bond acceptors (Lipinski definition) is 5. The SMILES string of the molecule is CC(C)COc1ccc(S(=O)(=O)NCC2(Sc3ccccc3)CCOCC2)cc1. The molecule has 0 unspecified atom stereocenters. The van der Waals surface area contributed by atoms with Crippen molar-refractivity contribution in [1.29, 1.82) is 0 Å². The first-order valence-electron chi connectivity index (χ1n) is 9.93. The van der Waals surface area contributed by atoms with E-state index in [1.54, 1.807) is 36.0 Å². The first-order chi connectivity index (χ1) is 13.9. The van der Waals surface area contributed by atoms with E-state index in [2.05, 4.69) is 30.7 Å². The summed E-state index contributed by atoms with van der Waals surface area (Å²) in [5.41, 5.74) is 0. The first-order valence-corrected chi connectivity index (χ1v) is 12.2. The standard InChI is InChI=1S/C22H29NO4S2/c1-18(2)16-27-19-8-10-21(11-9-19)29(24,25)23-17-22(12-14-26-15-13-22)28-20-6-4-3-5-7-20/h3-11,18,23H,12-17H2,1-2H3. The Balaban J connectivity index is 1.67. The molecule has 1 fully saturated rings. The summed E-state index contributed by atoms with van der Waals surface area (Å²) in [6.07, 6.45) is 1.61. The van der Waals surface area contributed by atoms with E-state index in [-0.39, 0.29) is 9.64 Å². The second-order valence-corrected chi connectivity index (χ2v) is 11.0. The van der Waals surface area contributed by atoms with Crippen LogP contribution in [0.3, 0.4) is 0 Å². The molecule has 1 saturated heterocycles. The van der Waals surface area contributed by atoms with Gasteiger partial charge in [0, 0.05) is 29.4 Å². The minimum atomic E-state index is -3.60. The van der Waals surface area contributed by atoms with Crippen molar-refractivity contribution in [1.82, 2.24) is 4.72 Å². The average Bonchev–Trinajstić information content (AvgIpc) is 2.73. The van der Waals surface area contributed by atoms with Crippen molar-refractivity contribution in [2.75, 3.05) is 26.4 Å². The molecule has 3 rings (SSSR count). The van der Waals surface area contributed by atoms with Crippen molar-refractivity contribution in [2.45, 2.75) is 41.2 Å². The van der Waals surface area contributed by atoms with Crippen molar-refractivity contribution in [2.24, 2.45) is 5.92 Å². The van der Waals surface area contributed by atoms with Gasteiger partial charge in [-0.3, -0.25) is 0 Å². The maximum Gasteiger partial charge on any atom is 0.240 e. The molecule has 1 N–H and O–H groups in total. The van der Waals surface area contributed by atoms with Crippen LogP contribution in [0.1, 0.15) is 26.7 Å². The Morgan fingerprint density at radius 3 is 2.34 bits per heavy atom. The van der Waals surface area contributed by atoms with Gasteiger partial charge in [-0.2, -0.15) is 0 Å². The lowest BCUT2D eigenvalue weighted by Crippen LogP contribution is -2.44. The highest BCUT2D eigenvalue weighted by molar-refractivity contribution is 8.00. The van der Waals surface area contributed by atoms with Crippen molar-refractivity contribution >= 4 is 21.8 Å². The minimum absolute atomic E-state index is 0.215. The fraction of sp³-hybridized carbons (Fsp3) is 0.455. The zero-order valence-corrected chi connectivity index (χ0v) is 18.6. The highest BCUT2D eigenvalue weighted by atomic mass is 32.2. The monoisotopic (exact) mass is 435 g/mol. The number of hydrogen-bond donors (Lipinski definition) is 1. The zero-order chi connectivity index (χ0) is 20.7. The van der Waals surface area contributed by atoms with Gasteiger partial charge in [-0.05, 0) is 55.2 Å². The van der Waals surface area contributed by atoms with Gasteiger partial charge in [0.05, 0.1) is 11.5 Å². The second kappa shape index (κ2) is 9.98. The van der Waals surface area contributed by atoms with Crippen LogP contribution in [0.25, 0.3) is 0 Å². The minimum Gasteiger partial charge on any atom is -0.493 e. The summed E-state index contributed by atoms with van der Waals surface area (Å²) in [7, 11) is -3.60. The highest BCUT2D eigenvalue weighted by Gasteiger charge is 2.35. The Morgan fingerprint density at radius 1 is 1.07 bits per heavy atom. The van der Waals surface area contributed by atoms with Crippen LogP contribution >= 0.6 is 11.8 Å². The maximum atomic E-state index is 12.9. The molecule has 0 aromatic heterocycles. The molecule has 0 aliphatic carbocycles. The summed E-state index contributed by atoms with van der Waals surface area (Å²) >= 11 is 1.73. The Morgan fingerprint density at radius 2 is 1.72 bits per heavy atom. The summed E-state index contributed by atoms with van der Waals surface area (Å²) in [6, 6.07) is 16.7. The van der Waals surface area contributed by atoms with Gasteiger partial charge >= 0.3 is 0 Å². The smallest absolute Gasteiger partial charge is 0.240 e. The third-order valence-electron chi connectivity index (χ3n) is 4.78. The summed E-state index contributed by atoms with van der Waals surface area (Å²) in [4.78, 5) is 1.39. The summed E-state index contributed by atoms with van der Waals surface area (Å²) < 4.78 is 39.5. The number of thioether (sulfide) groups is 1. The average molecular weight is 436 g/mol. The fourth-order valence-corrected chi connectivity index (χ4v) is 5.61. The third kappa shape index (κ3) is 6.47. The molecule has 5 nitrogen and oxygen atoms in total. The van der Waals surface area contributed by atoms with E-state index in [9.17, 15) is 8.42 Å². The van der Waals surface area contributed by atoms with Crippen LogP contribution < -0.4 is 9.46 Å². The van der Waals surface area contributed by atoms with Gasteiger partial charge in [-0.25, -0.2) is 13.1 Å². The van der Waals surface area contributed by atoms with E-state index in [1.165, 1.54) is 0 Å². The molecule has 1 aliphatic rings. The lowest BCUT2D eigenvalue weighted by molar-refractivity contribution is 0.0784. The Kier molecular flexibility index (Phi) is 7.62. The van der Waals surface area contributed by atoms with Gasteiger partial charge < -0.3 is 9.47 Å². The molecule has 0 spiro atoms. The van der Waals surface area contributed by atoms with Gasteiger partial charge in [-0.1, -0.05) is 32.0 Å². The Hall–Kier alpha value is -1.54. The number of sulfonamides is 1. The predicted octanol–water partition coefficient (Wildman–Crippen LogP) is 4.34. The molecule has 0 amide bonds. The number of nitrogens with one attached hydrogen (secondary N) is 1. The summed E-state index contributed by atoms with van der Waals surface area (Å²) in [5, 5.41) is 0. The van der Waals surface area contributed by atoms with Crippen LogP contribution in [0.5, 0.6) is 5.75 Å². The van der Waals surface area contributed by atoms with E-state index < -0.39 is 10.0 Å². The molecule has 7 heteroatoms. The van der Waals surface area contributed by atoms with Crippen molar-refractivity contribution in [3.05, 3.63) is 54.6 Å². The van der Waals surface area contributed by atoms with E-state index >= 15 is 0 Å². The van der Waals surface area contributed by atoms with E-state index in [0.717, 1.165) is 17.7 Å². The lowest BCUT2D eigenvalue weighted by Gasteiger charge is -2.36. The van der Waals surface area contributed by atoms with Gasteiger partial charge in [0.2, 0.25) is 10.0 Å². The van der Waals surface area contributed by atoms with E-state index in [0.29, 0.717) is 38.0 Å². The maximum absolute atomic E-state index is 12.9. The third-order valence-corrected chi connectivity index (χ3v) is 7.69. The van der Waals surface area contributed by atoms with Gasteiger partial charge in [0.15, 0.2) is 0 Å². The molecule has 0 saturated carbocycles. The van der Waals surface area contributed by atoms with Crippen molar-refractivity contribution < 1.29 is 17.9 Å².